The highest BCUT2D eigenvalue weighted by Gasteiger charge is 2.26. The smallest absolute Gasteiger partial charge is 0.263 e. The largest absolute Gasteiger partial charge is 0.353 e. The van der Waals surface area contributed by atoms with E-state index in [1.54, 1.807) is 22.0 Å². The molecule has 2 heterocycles. The molecule has 138 valence electrons. The van der Waals surface area contributed by atoms with Gasteiger partial charge in [0, 0.05) is 17.5 Å². The van der Waals surface area contributed by atoms with Gasteiger partial charge in [0.25, 0.3) is 5.56 Å². The Morgan fingerprint density at radius 3 is 3.00 bits per heavy atom. The number of thioether (sulfide) groups is 1. The number of nitrogens with one attached hydrogen (secondary N) is 1. The zero-order valence-corrected chi connectivity index (χ0v) is 16.5. The van der Waals surface area contributed by atoms with Gasteiger partial charge in [0.1, 0.15) is 4.83 Å². The fourth-order valence-corrected chi connectivity index (χ4v) is 5.68. The highest BCUT2D eigenvalue weighted by atomic mass is 32.2. The number of hydrogen-bond donors (Lipinski definition) is 1. The Morgan fingerprint density at radius 2 is 2.27 bits per heavy atom. The number of nitrogens with zero attached hydrogens (tertiary/aromatic N) is 2. The molecule has 0 radical (unpaired) electrons. The third-order valence-corrected chi connectivity index (χ3v) is 7.09. The summed E-state index contributed by atoms with van der Waals surface area (Å²) < 4.78 is 1.66. The normalized spacial score (nSPS) is 19.3. The molecule has 26 heavy (non-hydrogen) atoms. The summed E-state index contributed by atoms with van der Waals surface area (Å²) in [6, 6.07) is 0.347. The minimum atomic E-state index is 0.00653. The summed E-state index contributed by atoms with van der Waals surface area (Å²) in [5.41, 5.74) is 1.20. The van der Waals surface area contributed by atoms with Crippen molar-refractivity contribution in [2.24, 2.45) is 5.92 Å². The van der Waals surface area contributed by atoms with E-state index < -0.39 is 0 Å². The van der Waals surface area contributed by atoms with E-state index in [0.717, 1.165) is 42.3 Å². The molecule has 2 aliphatic carbocycles. The van der Waals surface area contributed by atoms with Crippen LogP contribution in [0.1, 0.15) is 36.6 Å². The third kappa shape index (κ3) is 3.47. The Balaban J connectivity index is 1.69. The highest BCUT2D eigenvalue weighted by Crippen LogP contribution is 2.36. The van der Waals surface area contributed by atoms with E-state index in [2.05, 4.69) is 18.8 Å². The lowest BCUT2D eigenvalue weighted by molar-refractivity contribution is -0.118. The van der Waals surface area contributed by atoms with Crippen molar-refractivity contribution in [3.63, 3.8) is 0 Å². The van der Waals surface area contributed by atoms with Gasteiger partial charge in [0.15, 0.2) is 5.16 Å². The van der Waals surface area contributed by atoms with Gasteiger partial charge in [-0.05, 0) is 43.6 Å². The number of hydrogen-bond acceptors (Lipinski definition) is 5. The van der Waals surface area contributed by atoms with E-state index in [-0.39, 0.29) is 17.2 Å². The van der Waals surface area contributed by atoms with Crippen molar-refractivity contribution in [3.05, 3.63) is 33.4 Å². The summed E-state index contributed by atoms with van der Waals surface area (Å²) in [6.07, 6.45) is 6.96. The highest BCUT2D eigenvalue weighted by molar-refractivity contribution is 7.99. The molecule has 2 aromatic heterocycles. The predicted octanol–water partition coefficient (Wildman–Crippen LogP) is 3.14. The Morgan fingerprint density at radius 1 is 1.46 bits per heavy atom. The molecule has 1 amide bonds. The van der Waals surface area contributed by atoms with Gasteiger partial charge >= 0.3 is 0 Å². The molecule has 0 bridgehead atoms. The van der Waals surface area contributed by atoms with E-state index in [1.165, 1.54) is 22.2 Å². The van der Waals surface area contributed by atoms with Crippen molar-refractivity contribution in [3.8, 4) is 0 Å². The topological polar surface area (TPSA) is 64.0 Å². The maximum Gasteiger partial charge on any atom is 0.263 e. The number of thiophene rings is 1. The average Bonchev–Trinajstić information content (AvgIpc) is 3.34. The Bertz CT molecular complexity index is 927. The van der Waals surface area contributed by atoms with Gasteiger partial charge in [-0.25, -0.2) is 4.98 Å². The Hall–Kier alpha value is -1.60. The molecule has 2 aliphatic rings. The molecule has 5 nitrogen and oxygen atoms in total. The second-order valence-electron chi connectivity index (χ2n) is 7.26. The van der Waals surface area contributed by atoms with Crippen LogP contribution in [0.25, 0.3) is 10.2 Å². The summed E-state index contributed by atoms with van der Waals surface area (Å²) in [4.78, 5) is 32.1. The molecular weight excluding hydrogens is 366 g/mol. The summed E-state index contributed by atoms with van der Waals surface area (Å²) in [7, 11) is 0. The number of aryl methyl sites for hydroxylation is 1. The van der Waals surface area contributed by atoms with Gasteiger partial charge in [0.2, 0.25) is 5.91 Å². The fourth-order valence-electron chi connectivity index (χ4n) is 3.43. The lowest BCUT2D eigenvalue weighted by atomic mass is 9.89. The second-order valence-corrected chi connectivity index (χ2v) is 9.29. The molecule has 1 saturated carbocycles. The van der Waals surface area contributed by atoms with Crippen LogP contribution in [0.5, 0.6) is 0 Å². The van der Waals surface area contributed by atoms with Crippen molar-refractivity contribution >= 4 is 39.2 Å². The molecule has 1 N–H and O–H groups in total. The standard InChI is InChI=1S/C19H23N3O2S2/c1-3-8-22-18(24)16-13-7-4-11(2)9-14(13)26-17(16)21-19(22)25-10-15(23)20-12-5-6-12/h3,11-12H,1,4-10H2,2H3,(H,20,23)/t11-/m1/s1. The Labute approximate surface area is 160 Å². The van der Waals surface area contributed by atoms with E-state index >= 15 is 0 Å². The van der Waals surface area contributed by atoms with E-state index in [9.17, 15) is 9.59 Å². The molecule has 2 aromatic rings. The van der Waals surface area contributed by atoms with Crippen LogP contribution in [-0.4, -0.2) is 27.3 Å². The number of fused-ring (bicyclic) bond motifs is 3. The third-order valence-electron chi connectivity index (χ3n) is 4.97. The minimum Gasteiger partial charge on any atom is -0.353 e. The minimum absolute atomic E-state index is 0.00653. The van der Waals surface area contributed by atoms with E-state index in [1.807, 2.05) is 0 Å². The number of carbonyl (C=O) groups is 1. The molecule has 0 unspecified atom stereocenters. The molecule has 1 fully saturated rings. The van der Waals surface area contributed by atoms with Crippen LogP contribution in [0.3, 0.4) is 0 Å². The van der Waals surface area contributed by atoms with Crippen molar-refractivity contribution in [1.29, 1.82) is 0 Å². The van der Waals surface area contributed by atoms with Crippen molar-refractivity contribution < 1.29 is 4.79 Å². The van der Waals surface area contributed by atoms with Crippen molar-refractivity contribution in [2.45, 2.75) is 56.8 Å². The number of carbonyl (C=O) groups excluding carboxylic acids is 1. The van der Waals surface area contributed by atoms with Crippen LogP contribution in [0, 0.1) is 5.92 Å². The molecule has 1 atom stereocenters. The Kier molecular flexibility index (Phi) is 4.92. The van der Waals surface area contributed by atoms with E-state index in [4.69, 9.17) is 4.98 Å². The first kappa shape index (κ1) is 17.8. The van der Waals surface area contributed by atoms with Crippen LogP contribution in [0.2, 0.25) is 0 Å². The summed E-state index contributed by atoms with van der Waals surface area (Å²) in [5, 5.41) is 4.37. The number of aromatic nitrogens is 2. The first-order valence-corrected chi connectivity index (χ1v) is 10.9. The maximum absolute atomic E-state index is 13.2. The van der Waals surface area contributed by atoms with Gasteiger partial charge in [-0.2, -0.15) is 0 Å². The summed E-state index contributed by atoms with van der Waals surface area (Å²) >= 11 is 2.99. The lowest BCUT2D eigenvalue weighted by Crippen LogP contribution is -2.28. The average molecular weight is 390 g/mol. The van der Waals surface area contributed by atoms with Crippen molar-refractivity contribution in [1.82, 2.24) is 14.9 Å². The first-order valence-electron chi connectivity index (χ1n) is 9.15. The van der Waals surface area contributed by atoms with Gasteiger partial charge in [-0.3, -0.25) is 14.2 Å². The van der Waals surface area contributed by atoms with Crippen LogP contribution in [0.4, 0.5) is 0 Å². The lowest BCUT2D eigenvalue weighted by Gasteiger charge is -2.17. The van der Waals surface area contributed by atoms with Crippen LogP contribution >= 0.6 is 23.1 Å². The monoisotopic (exact) mass is 389 g/mol. The maximum atomic E-state index is 13.2. The SMILES string of the molecule is C=CCn1c(SCC(=O)NC2CC2)nc2sc3c(c2c1=O)CC[C@@H](C)C3. The molecule has 0 aliphatic heterocycles. The first-order chi connectivity index (χ1) is 12.6. The van der Waals surface area contributed by atoms with Crippen LogP contribution in [0.15, 0.2) is 22.6 Å². The number of amides is 1. The second kappa shape index (κ2) is 7.19. The molecule has 0 aromatic carbocycles. The molecule has 4 rings (SSSR count). The van der Waals surface area contributed by atoms with Gasteiger partial charge < -0.3 is 5.32 Å². The molecular formula is C19H23N3O2S2. The van der Waals surface area contributed by atoms with Crippen LogP contribution in [-0.2, 0) is 24.2 Å². The number of allylic oxidation sites excluding steroid dienone is 1. The molecule has 0 spiro atoms. The zero-order valence-electron chi connectivity index (χ0n) is 14.9. The number of rotatable bonds is 6. The fraction of sp³-hybridized carbons (Fsp3) is 0.526. The summed E-state index contributed by atoms with van der Waals surface area (Å²) in [5.74, 6) is 0.954. The predicted molar refractivity (Wildman–Crippen MR) is 107 cm³/mol. The molecule has 0 saturated heterocycles. The van der Waals surface area contributed by atoms with Crippen molar-refractivity contribution in [2.75, 3.05) is 5.75 Å². The van der Waals surface area contributed by atoms with E-state index in [0.29, 0.717) is 23.7 Å². The quantitative estimate of drug-likeness (QED) is 0.468. The summed E-state index contributed by atoms with van der Waals surface area (Å²) in [6.45, 7) is 6.45. The molecule has 7 heteroatoms. The van der Waals surface area contributed by atoms with Gasteiger partial charge in [0.05, 0.1) is 11.1 Å². The van der Waals surface area contributed by atoms with Gasteiger partial charge in [-0.1, -0.05) is 24.8 Å². The van der Waals surface area contributed by atoms with Gasteiger partial charge in [-0.15, -0.1) is 17.9 Å². The van der Waals surface area contributed by atoms with Crippen LogP contribution < -0.4 is 10.9 Å². The zero-order chi connectivity index (χ0) is 18.3.